The summed E-state index contributed by atoms with van der Waals surface area (Å²) in [6, 6.07) is 7.57. The standard InChI is InChI=1S/C15H20N2O3/c1-15(2,3)17-13(18)9-16-14(19)12-8-10-6-4-5-7-11(10)20-12/h4-7,12H,8-9H2,1-3H3,(H,16,19)(H,17,18). The molecule has 1 aliphatic rings. The van der Waals surface area contributed by atoms with Gasteiger partial charge in [0, 0.05) is 12.0 Å². The molecule has 1 aromatic carbocycles. The van der Waals surface area contributed by atoms with E-state index in [0.29, 0.717) is 6.42 Å². The predicted molar refractivity (Wildman–Crippen MR) is 75.5 cm³/mol. The van der Waals surface area contributed by atoms with Crippen LogP contribution in [-0.4, -0.2) is 30.0 Å². The molecule has 0 saturated heterocycles. The zero-order valence-electron chi connectivity index (χ0n) is 12.0. The Kier molecular flexibility index (Phi) is 3.97. The van der Waals surface area contributed by atoms with Crippen LogP contribution in [0.1, 0.15) is 26.3 Å². The van der Waals surface area contributed by atoms with Gasteiger partial charge in [-0.3, -0.25) is 9.59 Å². The number of hydrogen-bond donors (Lipinski definition) is 2. The van der Waals surface area contributed by atoms with Crippen LogP contribution < -0.4 is 15.4 Å². The van der Waals surface area contributed by atoms with Crippen LogP contribution in [0.2, 0.25) is 0 Å². The van der Waals surface area contributed by atoms with Gasteiger partial charge in [-0.25, -0.2) is 0 Å². The first kappa shape index (κ1) is 14.4. The maximum absolute atomic E-state index is 12.0. The minimum Gasteiger partial charge on any atom is -0.480 e. The molecule has 0 spiro atoms. The fraction of sp³-hybridized carbons (Fsp3) is 0.467. The monoisotopic (exact) mass is 276 g/mol. The van der Waals surface area contributed by atoms with E-state index >= 15 is 0 Å². The summed E-state index contributed by atoms with van der Waals surface area (Å²) in [4.78, 5) is 23.6. The van der Waals surface area contributed by atoms with Crippen molar-refractivity contribution in [1.82, 2.24) is 10.6 Å². The van der Waals surface area contributed by atoms with Crippen molar-refractivity contribution in [3.8, 4) is 5.75 Å². The van der Waals surface area contributed by atoms with Crippen molar-refractivity contribution in [3.05, 3.63) is 29.8 Å². The second-order valence-corrected chi connectivity index (χ2v) is 5.93. The van der Waals surface area contributed by atoms with Crippen LogP contribution in [0.25, 0.3) is 0 Å². The second-order valence-electron chi connectivity index (χ2n) is 5.93. The fourth-order valence-corrected chi connectivity index (χ4v) is 2.07. The minimum atomic E-state index is -0.546. The predicted octanol–water partition coefficient (Wildman–Crippen LogP) is 1.02. The molecule has 0 aromatic heterocycles. The first-order chi connectivity index (χ1) is 9.35. The molecule has 1 aromatic rings. The molecular formula is C15H20N2O3. The number of nitrogens with one attached hydrogen (secondary N) is 2. The maximum atomic E-state index is 12.0. The number of benzene rings is 1. The molecule has 2 N–H and O–H groups in total. The van der Waals surface area contributed by atoms with Gasteiger partial charge in [0.1, 0.15) is 5.75 Å². The minimum absolute atomic E-state index is 0.0354. The second kappa shape index (κ2) is 5.53. The van der Waals surface area contributed by atoms with Gasteiger partial charge in [-0.15, -0.1) is 0 Å². The molecule has 5 nitrogen and oxygen atoms in total. The number of ether oxygens (including phenoxy) is 1. The zero-order valence-corrected chi connectivity index (χ0v) is 12.0. The quantitative estimate of drug-likeness (QED) is 0.866. The molecule has 20 heavy (non-hydrogen) atoms. The van der Waals surface area contributed by atoms with Gasteiger partial charge in [0.15, 0.2) is 6.10 Å². The van der Waals surface area contributed by atoms with E-state index in [4.69, 9.17) is 4.74 Å². The van der Waals surface area contributed by atoms with Gasteiger partial charge in [0.05, 0.1) is 6.54 Å². The average Bonchev–Trinajstić information content (AvgIpc) is 2.77. The summed E-state index contributed by atoms with van der Waals surface area (Å²) in [6.45, 7) is 5.64. The first-order valence-electron chi connectivity index (χ1n) is 6.68. The van der Waals surface area contributed by atoms with Gasteiger partial charge >= 0.3 is 0 Å². The van der Waals surface area contributed by atoms with E-state index in [9.17, 15) is 9.59 Å². The molecule has 1 atom stereocenters. The largest absolute Gasteiger partial charge is 0.480 e. The van der Waals surface area contributed by atoms with Crippen LogP contribution in [-0.2, 0) is 16.0 Å². The van der Waals surface area contributed by atoms with E-state index < -0.39 is 6.10 Å². The summed E-state index contributed by atoms with van der Waals surface area (Å²) in [5.74, 6) is 0.276. The van der Waals surface area contributed by atoms with Gasteiger partial charge in [-0.1, -0.05) is 18.2 Å². The summed E-state index contributed by atoms with van der Waals surface area (Å²) in [5, 5.41) is 5.39. The van der Waals surface area contributed by atoms with Crippen LogP contribution in [0.4, 0.5) is 0 Å². The Hall–Kier alpha value is -2.04. The third-order valence-corrected chi connectivity index (χ3v) is 2.88. The van der Waals surface area contributed by atoms with E-state index in [1.165, 1.54) is 0 Å². The third kappa shape index (κ3) is 3.73. The Morgan fingerprint density at radius 2 is 2.00 bits per heavy atom. The molecule has 2 rings (SSSR count). The van der Waals surface area contributed by atoms with Gasteiger partial charge in [0.2, 0.25) is 5.91 Å². The van der Waals surface area contributed by atoms with Gasteiger partial charge in [0.25, 0.3) is 5.91 Å². The number of carbonyl (C=O) groups excluding carboxylic acids is 2. The van der Waals surface area contributed by atoms with E-state index in [1.807, 2.05) is 45.0 Å². The maximum Gasteiger partial charge on any atom is 0.261 e. The fourth-order valence-electron chi connectivity index (χ4n) is 2.07. The van der Waals surface area contributed by atoms with Crippen molar-refractivity contribution < 1.29 is 14.3 Å². The summed E-state index contributed by atoms with van der Waals surface area (Å²) >= 11 is 0. The zero-order chi connectivity index (χ0) is 14.8. The summed E-state index contributed by atoms with van der Waals surface area (Å²) in [7, 11) is 0. The molecular weight excluding hydrogens is 256 g/mol. The van der Waals surface area contributed by atoms with Crippen LogP contribution in [0.15, 0.2) is 24.3 Å². The van der Waals surface area contributed by atoms with Gasteiger partial charge < -0.3 is 15.4 Å². The molecule has 1 heterocycles. The number of fused-ring (bicyclic) bond motifs is 1. The van der Waals surface area contributed by atoms with Crippen LogP contribution in [0, 0.1) is 0 Å². The Bertz CT molecular complexity index is 495. The van der Waals surface area contributed by atoms with Crippen molar-refractivity contribution in [3.63, 3.8) is 0 Å². The highest BCUT2D eigenvalue weighted by molar-refractivity contribution is 5.88. The summed E-state index contributed by atoms with van der Waals surface area (Å²) < 4.78 is 5.56. The first-order valence-corrected chi connectivity index (χ1v) is 6.68. The highest BCUT2D eigenvalue weighted by Gasteiger charge is 2.28. The van der Waals surface area contributed by atoms with Crippen LogP contribution in [0.5, 0.6) is 5.75 Å². The van der Waals surface area contributed by atoms with Gasteiger partial charge in [-0.05, 0) is 32.4 Å². The van der Waals surface area contributed by atoms with E-state index in [1.54, 1.807) is 0 Å². The molecule has 108 valence electrons. The van der Waals surface area contributed by atoms with E-state index in [0.717, 1.165) is 11.3 Å². The van der Waals surface area contributed by atoms with Gasteiger partial charge in [-0.2, -0.15) is 0 Å². The molecule has 5 heteroatoms. The Labute approximate surface area is 118 Å². The van der Waals surface area contributed by atoms with Crippen LogP contribution in [0.3, 0.4) is 0 Å². The van der Waals surface area contributed by atoms with Crippen molar-refractivity contribution in [2.75, 3.05) is 6.54 Å². The molecule has 2 amide bonds. The summed E-state index contributed by atoms with van der Waals surface area (Å²) in [5.41, 5.74) is 0.717. The van der Waals surface area contributed by atoms with Crippen molar-refractivity contribution in [1.29, 1.82) is 0 Å². The number of hydrogen-bond acceptors (Lipinski definition) is 3. The molecule has 1 aliphatic heterocycles. The Morgan fingerprint density at radius 3 is 2.65 bits per heavy atom. The molecule has 0 bridgehead atoms. The summed E-state index contributed by atoms with van der Waals surface area (Å²) in [6.07, 6.45) is -0.00191. The topological polar surface area (TPSA) is 67.4 Å². The Balaban J connectivity index is 1.81. The lowest BCUT2D eigenvalue weighted by Crippen LogP contribution is -2.48. The molecule has 0 saturated carbocycles. The number of carbonyl (C=O) groups is 2. The lowest BCUT2D eigenvalue weighted by molar-refractivity contribution is -0.130. The lowest BCUT2D eigenvalue weighted by Gasteiger charge is -2.20. The molecule has 0 fully saturated rings. The SMILES string of the molecule is CC(C)(C)NC(=O)CNC(=O)C1Cc2ccccc2O1. The highest BCUT2D eigenvalue weighted by Crippen LogP contribution is 2.27. The average molecular weight is 276 g/mol. The molecule has 1 unspecified atom stereocenters. The van der Waals surface area contributed by atoms with Crippen molar-refractivity contribution >= 4 is 11.8 Å². The number of para-hydroxylation sites is 1. The van der Waals surface area contributed by atoms with Crippen LogP contribution >= 0.6 is 0 Å². The number of rotatable bonds is 3. The third-order valence-electron chi connectivity index (χ3n) is 2.88. The number of amides is 2. The van der Waals surface area contributed by atoms with E-state index in [2.05, 4.69) is 10.6 Å². The normalized spacial score (nSPS) is 17.1. The lowest BCUT2D eigenvalue weighted by atomic mass is 10.1. The van der Waals surface area contributed by atoms with Crippen molar-refractivity contribution in [2.24, 2.45) is 0 Å². The van der Waals surface area contributed by atoms with E-state index in [-0.39, 0.29) is 23.9 Å². The molecule has 0 aliphatic carbocycles. The smallest absolute Gasteiger partial charge is 0.261 e. The Morgan fingerprint density at radius 1 is 1.30 bits per heavy atom. The molecule has 0 radical (unpaired) electrons. The highest BCUT2D eigenvalue weighted by atomic mass is 16.5. The van der Waals surface area contributed by atoms with Crippen molar-refractivity contribution in [2.45, 2.75) is 38.8 Å².